The second-order valence-electron chi connectivity index (χ2n) is 4.30. The van der Waals surface area contributed by atoms with Gasteiger partial charge in [-0.25, -0.2) is 4.79 Å². The molecular weight excluding hydrogens is 232 g/mol. The van der Waals surface area contributed by atoms with E-state index in [-0.39, 0.29) is 17.4 Å². The molecule has 0 saturated heterocycles. The lowest BCUT2D eigenvalue weighted by Gasteiger charge is -2.12. The molecule has 0 fully saturated rings. The van der Waals surface area contributed by atoms with Gasteiger partial charge in [-0.05, 0) is 37.6 Å². The molecule has 0 bridgehead atoms. The van der Waals surface area contributed by atoms with Crippen molar-refractivity contribution in [1.29, 1.82) is 0 Å². The lowest BCUT2D eigenvalue weighted by Crippen LogP contribution is -2.22. The van der Waals surface area contributed by atoms with E-state index in [4.69, 9.17) is 10.8 Å². The normalized spacial score (nSPS) is 11.9. The van der Waals surface area contributed by atoms with Gasteiger partial charge in [-0.15, -0.1) is 0 Å². The smallest absolute Gasteiger partial charge is 0.336 e. The van der Waals surface area contributed by atoms with Crippen LogP contribution in [-0.4, -0.2) is 23.5 Å². The minimum absolute atomic E-state index is 0.152. The highest BCUT2D eigenvalue weighted by molar-refractivity contribution is 5.95. The molecule has 0 aliphatic heterocycles. The first-order valence-electron chi connectivity index (χ1n) is 5.80. The number of amides is 1. The van der Waals surface area contributed by atoms with Crippen LogP contribution in [0.5, 0.6) is 0 Å². The SMILES string of the molecule is Cc1ccc(NC(=O)C(C)CCN)cc1C(=O)O. The van der Waals surface area contributed by atoms with E-state index in [1.165, 1.54) is 6.07 Å². The number of nitrogens with two attached hydrogens (primary N) is 1. The molecule has 0 saturated carbocycles. The molecule has 5 heteroatoms. The monoisotopic (exact) mass is 250 g/mol. The van der Waals surface area contributed by atoms with E-state index in [2.05, 4.69) is 5.32 Å². The Kier molecular flexibility index (Phi) is 4.85. The van der Waals surface area contributed by atoms with Gasteiger partial charge in [0, 0.05) is 11.6 Å². The molecule has 0 spiro atoms. The quantitative estimate of drug-likeness (QED) is 0.740. The lowest BCUT2D eigenvalue weighted by atomic mass is 10.1. The summed E-state index contributed by atoms with van der Waals surface area (Å²) < 4.78 is 0. The third-order valence-electron chi connectivity index (χ3n) is 2.78. The molecule has 1 amide bonds. The van der Waals surface area contributed by atoms with Crippen LogP contribution in [0.1, 0.15) is 29.3 Å². The molecule has 1 aromatic rings. The maximum absolute atomic E-state index is 11.8. The molecule has 5 nitrogen and oxygen atoms in total. The van der Waals surface area contributed by atoms with Crippen molar-refractivity contribution >= 4 is 17.6 Å². The first kappa shape index (κ1) is 14.2. The number of carbonyl (C=O) groups is 2. The number of hydrogen-bond acceptors (Lipinski definition) is 3. The molecular formula is C13H18N2O3. The minimum atomic E-state index is -1.00. The molecule has 98 valence electrons. The fraction of sp³-hybridized carbons (Fsp3) is 0.385. The van der Waals surface area contributed by atoms with Crippen LogP contribution in [0.15, 0.2) is 18.2 Å². The Morgan fingerprint density at radius 1 is 1.44 bits per heavy atom. The molecule has 1 aromatic carbocycles. The van der Waals surface area contributed by atoms with E-state index < -0.39 is 5.97 Å². The van der Waals surface area contributed by atoms with Crippen molar-refractivity contribution in [3.63, 3.8) is 0 Å². The van der Waals surface area contributed by atoms with Gasteiger partial charge in [0.05, 0.1) is 5.56 Å². The van der Waals surface area contributed by atoms with Crippen molar-refractivity contribution < 1.29 is 14.7 Å². The van der Waals surface area contributed by atoms with Gasteiger partial charge in [0.15, 0.2) is 0 Å². The van der Waals surface area contributed by atoms with Crippen molar-refractivity contribution in [1.82, 2.24) is 0 Å². The summed E-state index contributed by atoms with van der Waals surface area (Å²) in [6.45, 7) is 3.95. The van der Waals surface area contributed by atoms with E-state index >= 15 is 0 Å². The zero-order valence-electron chi connectivity index (χ0n) is 10.6. The summed E-state index contributed by atoms with van der Waals surface area (Å²) in [5.74, 6) is -1.34. The van der Waals surface area contributed by atoms with Gasteiger partial charge in [-0.2, -0.15) is 0 Å². The molecule has 0 aliphatic rings. The van der Waals surface area contributed by atoms with Gasteiger partial charge in [0.1, 0.15) is 0 Å². The second-order valence-corrected chi connectivity index (χ2v) is 4.30. The van der Waals surface area contributed by atoms with Crippen molar-refractivity contribution in [2.24, 2.45) is 11.7 Å². The molecule has 4 N–H and O–H groups in total. The number of hydrogen-bond donors (Lipinski definition) is 3. The predicted octanol–water partition coefficient (Wildman–Crippen LogP) is 1.62. The van der Waals surface area contributed by atoms with Crippen LogP contribution in [0, 0.1) is 12.8 Å². The van der Waals surface area contributed by atoms with Crippen LogP contribution >= 0.6 is 0 Å². The number of aromatic carboxylic acids is 1. The Balaban J connectivity index is 2.82. The summed E-state index contributed by atoms with van der Waals surface area (Å²) in [6, 6.07) is 4.83. The summed E-state index contributed by atoms with van der Waals surface area (Å²) in [4.78, 5) is 22.7. The van der Waals surface area contributed by atoms with Crippen LogP contribution < -0.4 is 11.1 Å². The van der Waals surface area contributed by atoms with Gasteiger partial charge < -0.3 is 16.2 Å². The number of benzene rings is 1. The average molecular weight is 250 g/mol. The summed E-state index contributed by atoms with van der Waals surface area (Å²) in [7, 11) is 0. The first-order valence-corrected chi connectivity index (χ1v) is 5.80. The van der Waals surface area contributed by atoms with E-state index in [0.717, 1.165) is 0 Å². The number of carboxylic acids is 1. The third kappa shape index (κ3) is 3.56. The van der Waals surface area contributed by atoms with Crippen LogP contribution in [0.3, 0.4) is 0 Å². The Hall–Kier alpha value is -1.88. The summed E-state index contributed by atoms with van der Waals surface area (Å²) in [5, 5.41) is 11.7. The zero-order chi connectivity index (χ0) is 13.7. The summed E-state index contributed by atoms with van der Waals surface area (Å²) >= 11 is 0. The third-order valence-corrected chi connectivity index (χ3v) is 2.78. The topological polar surface area (TPSA) is 92.4 Å². The largest absolute Gasteiger partial charge is 0.478 e. The summed E-state index contributed by atoms with van der Waals surface area (Å²) in [6.07, 6.45) is 0.601. The maximum atomic E-state index is 11.8. The number of aryl methyl sites for hydroxylation is 1. The van der Waals surface area contributed by atoms with Crippen molar-refractivity contribution in [2.75, 3.05) is 11.9 Å². The lowest BCUT2D eigenvalue weighted by molar-refractivity contribution is -0.119. The van der Waals surface area contributed by atoms with E-state index in [1.807, 2.05) is 0 Å². The number of nitrogens with one attached hydrogen (secondary N) is 1. The second kappa shape index (κ2) is 6.16. The van der Waals surface area contributed by atoms with Crippen molar-refractivity contribution in [3.05, 3.63) is 29.3 Å². The molecule has 0 heterocycles. The van der Waals surface area contributed by atoms with Crippen LogP contribution in [-0.2, 0) is 4.79 Å². The molecule has 0 aliphatic carbocycles. The Morgan fingerprint density at radius 3 is 2.67 bits per heavy atom. The Morgan fingerprint density at radius 2 is 2.11 bits per heavy atom. The molecule has 1 atom stereocenters. The number of carboxylic acid groups (broad SMARTS) is 1. The van der Waals surface area contributed by atoms with E-state index in [9.17, 15) is 9.59 Å². The Labute approximate surface area is 106 Å². The standard InChI is InChI=1S/C13H18N2O3/c1-8-3-4-10(7-11(8)13(17)18)15-12(16)9(2)5-6-14/h3-4,7,9H,5-6,14H2,1-2H3,(H,15,16)(H,17,18). The highest BCUT2D eigenvalue weighted by atomic mass is 16.4. The first-order chi connectivity index (χ1) is 8.45. The van der Waals surface area contributed by atoms with Crippen LogP contribution in [0.25, 0.3) is 0 Å². The average Bonchev–Trinajstić information content (AvgIpc) is 2.31. The van der Waals surface area contributed by atoms with Crippen molar-refractivity contribution in [2.45, 2.75) is 20.3 Å². The molecule has 0 radical (unpaired) electrons. The maximum Gasteiger partial charge on any atom is 0.336 e. The van der Waals surface area contributed by atoms with E-state index in [1.54, 1.807) is 26.0 Å². The highest BCUT2D eigenvalue weighted by Gasteiger charge is 2.13. The minimum Gasteiger partial charge on any atom is -0.478 e. The number of rotatable bonds is 5. The molecule has 0 aromatic heterocycles. The van der Waals surface area contributed by atoms with Gasteiger partial charge in [0.2, 0.25) is 5.91 Å². The molecule has 1 unspecified atom stereocenters. The van der Waals surface area contributed by atoms with E-state index in [0.29, 0.717) is 24.2 Å². The van der Waals surface area contributed by atoms with Gasteiger partial charge in [-0.1, -0.05) is 13.0 Å². The highest BCUT2D eigenvalue weighted by Crippen LogP contribution is 2.16. The molecule has 1 rings (SSSR count). The Bertz CT molecular complexity index is 458. The van der Waals surface area contributed by atoms with Gasteiger partial charge >= 0.3 is 5.97 Å². The summed E-state index contributed by atoms with van der Waals surface area (Å²) in [5.41, 5.74) is 6.74. The molecule has 18 heavy (non-hydrogen) atoms. The fourth-order valence-electron chi connectivity index (χ4n) is 1.58. The van der Waals surface area contributed by atoms with Gasteiger partial charge in [-0.3, -0.25) is 4.79 Å². The number of anilines is 1. The fourth-order valence-corrected chi connectivity index (χ4v) is 1.58. The number of carbonyl (C=O) groups excluding carboxylic acids is 1. The predicted molar refractivity (Wildman–Crippen MR) is 69.6 cm³/mol. The van der Waals surface area contributed by atoms with Crippen LogP contribution in [0.2, 0.25) is 0 Å². The van der Waals surface area contributed by atoms with Crippen molar-refractivity contribution in [3.8, 4) is 0 Å². The van der Waals surface area contributed by atoms with Gasteiger partial charge in [0.25, 0.3) is 0 Å². The van der Waals surface area contributed by atoms with Crippen LogP contribution in [0.4, 0.5) is 5.69 Å². The zero-order valence-corrected chi connectivity index (χ0v) is 10.6.